The van der Waals surface area contributed by atoms with Crippen LogP contribution in [0, 0.1) is 0 Å². The molecule has 6 nitrogen and oxygen atoms in total. The van der Waals surface area contributed by atoms with Crippen molar-refractivity contribution in [3.8, 4) is 0 Å². The molecule has 0 aliphatic heterocycles. The Morgan fingerprint density at radius 1 is 0.263 bits per heavy atom. The van der Waals surface area contributed by atoms with Gasteiger partial charge in [0.15, 0.2) is 6.10 Å². The van der Waals surface area contributed by atoms with Crippen LogP contribution in [0.25, 0.3) is 0 Å². The van der Waals surface area contributed by atoms with Crippen molar-refractivity contribution in [3.63, 3.8) is 0 Å². The van der Waals surface area contributed by atoms with Crippen LogP contribution in [-0.2, 0) is 28.6 Å². The van der Waals surface area contributed by atoms with Gasteiger partial charge in [0.05, 0.1) is 0 Å². The summed E-state index contributed by atoms with van der Waals surface area (Å²) in [5.74, 6) is -1.01. The van der Waals surface area contributed by atoms with E-state index in [9.17, 15) is 14.4 Å². The maximum absolute atomic E-state index is 12.8. The maximum Gasteiger partial charge on any atom is 0.306 e. The van der Waals surface area contributed by atoms with Crippen LogP contribution < -0.4 is 0 Å². The molecule has 80 heavy (non-hydrogen) atoms. The highest BCUT2D eigenvalue weighted by atomic mass is 16.6. The number of ether oxygens (including phenoxy) is 3. The Hall–Kier alpha value is -5.75. The van der Waals surface area contributed by atoms with E-state index in [0.717, 1.165) is 167 Å². The van der Waals surface area contributed by atoms with Gasteiger partial charge in [-0.25, -0.2) is 0 Å². The van der Waals surface area contributed by atoms with Gasteiger partial charge in [-0.3, -0.25) is 14.4 Å². The quantitative estimate of drug-likeness (QED) is 0.0261. The van der Waals surface area contributed by atoms with Crippen molar-refractivity contribution in [1.29, 1.82) is 0 Å². The molecule has 0 radical (unpaired) electrons. The molecule has 0 aromatic heterocycles. The van der Waals surface area contributed by atoms with Crippen molar-refractivity contribution in [2.24, 2.45) is 0 Å². The summed E-state index contributed by atoms with van der Waals surface area (Å²) >= 11 is 0. The van der Waals surface area contributed by atoms with E-state index in [1.54, 1.807) is 0 Å². The monoisotopic (exact) mass is 1100 g/mol. The van der Waals surface area contributed by atoms with E-state index in [2.05, 4.69) is 215 Å². The Bertz CT molecular complexity index is 1930. The van der Waals surface area contributed by atoms with Crippen LogP contribution in [0.4, 0.5) is 0 Å². The first kappa shape index (κ1) is 74.2. The van der Waals surface area contributed by atoms with Crippen LogP contribution in [0.1, 0.15) is 233 Å². The molecular formula is C74H112O6. The van der Waals surface area contributed by atoms with Gasteiger partial charge >= 0.3 is 17.9 Å². The third-order valence-electron chi connectivity index (χ3n) is 12.3. The fourth-order valence-electron chi connectivity index (χ4n) is 7.71. The summed E-state index contributed by atoms with van der Waals surface area (Å²) in [6.07, 6.45) is 100. The third kappa shape index (κ3) is 63.1. The van der Waals surface area contributed by atoms with Crippen LogP contribution in [0.15, 0.2) is 194 Å². The molecule has 0 aromatic carbocycles. The number of carbonyl (C=O) groups is 3. The molecular weight excluding hydrogens is 985 g/mol. The van der Waals surface area contributed by atoms with Gasteiger partial charge in [-0.05, 0) is 148 Å². The predicted molar refractivity (Wildman–Crippen MR) is 347 cm³/mol. The van der Waals surface area contributed by atoms with E-state index >= 15 is 0 Å². The van der Waals surface area contributed by atoms with Crippen molar-refractivity contribution in [2.75, 3.05) is 13.2 Å². The van der Waals surface area contributed by atoms with E-state index in [1.165, 1.54) is 19.3 Å². The molecule has 0 saturated heterocycles. The average Bonchev–Trinajstić information content (AvgIpc) is 3.46. The lowest BCUT2D eigenvalue weighted by molar-refractivity contribution is -0.167. The summed E-state index contributed by atoms with van der Waals surface area (Å²) in [5.41, 5.74) is 0. The summed E-state index contributed by atoms with van der Waals surface area (Å²) < 4.78 is 16.7. The molecule has 0 N–H and O–H groups in total. The smallest absolute Gasteiger partial charge is 0.306 e. The molecule has 0 heterocycles. The van der Waals surface area contributed by atoms with Crippen molar-refractivity contribution in [3.05, 3.63) is 194 Å². The van der Waals surface area contributed by atoms with E-state index < -0.39 is 6.10 Å². The van der Waals surface area contributed by atoms with Gasteiger partial charge in [-0.1, -0.05) is 260 Å². The van der Waals surface area contributed by atoms with E-state index in [1.807, 2.05) is 0 Å². The lowest BCUT2D eigenvalue weighted by Gasteiger charge is -2.18. The second-order valence-corrected chi connectivity index (χ2v) is 19.9. The number of rotatable bonds is 54. The highest BCUT2D eigenvalue weighted by Crippen LogP contribution is 2.12. The average molecular weight is 1100 g/mol. The van der Waals surface area contributed by atoms with Gasteiger partial charge in [0.2, 0.25) is 0 Å². The number of esters is 3. The summed E-state index contributed by atoms with van der Waals surface area (Å²) in [6.45, 7) is 6.27. The van der Waals surface area contributed by atoms with Gasteiger partial charge in [0.25, 0.3) is 0 Å². The lowest BCUT2D eigenvalue weighted by Crippen LogP contribution is -2.30. The standard InChI is InChI=1S/C74H112O6/c1-4-7-10-13-16-18-20-22-24-26-28-30-31-32-33-34-35-36-37-38-39-40-41-42-43-45-46-48-50-52-54-56-58-61-64-67-73(76)79-70-71(69-78-72(75)66-63-60-15-12-9-6-3)80-74(77)68-65-62-59-57-55-53-51-49-47-44-29-27-25-23-21-19-17-14-11-8-5-2/h7-8,10-11,16-19,22-25,28-30,32-33,35-36,38-39,41-42,44-46,49-52,55,57,71H,4-6,9,12-15,20-21,26-27,31,34,37,40,43,47-48,53-54,56,58-70H2,1-3H3/b10-7-,11-8-,18-16-,19-17-,24-22-,25-23-,30-28-,33-32-,36-35-,39-38-,42-41-,44-29-,46-45-,51-49-,52-50-,57-55-. The fraction of sp³-hybridized carbons (Fsp3) is 0.527. The summed E-state index contributed by atoms with van der Waals surface area (Å²) in [5, 5.41) is 0. The maximum atomic E-state index is 12.8. The number of allylic oxidation sites excluding steroid dienone is 32. The molecule has 0 bridgehead atoms. The normalized spacial score (nSPS) is 13.5. The van der Waals surface area contributed by atoms with Crippen molar-refractivity contribution < 1.29 is 28.6 Å². The number of carbonyl (C=O) groups excluding carboxylic acids is 3. The molecule has 6 heteroatoms. The van der Waals surface area contributed by atoms with E-state index in [0.29, 0.717) is 19.3 Å². The zero-order valence-corrected chi connectivity index (χ0v) is 50.8. The molecule has 0 fully saturated rings. The van der Waals surface area contributed by atoms with Crippen LogP contribution >= 0.6 is 0 Å². The molecule has 0 aliphatic rings. The minimum Gasteiger partial charge on any atom is -0.462 e. The van der Waals surface area contributed by atoms with Gasteiger partial charge in [-0.2, -0.15) is 0 Å². The van der Waals surface area contributed by atoms with E-state index in [-0.39, 0.29) is 37.5 Å². The van der Waals surface area contributed by atoms with Crippen molar-refractivity contribution in [2.45, 2.75) is 239 Å². The minimum absolute atomic E-state index is 0.113. The summed E-state index contributed by atoms with van der Waals surface area (Å²) in [6, 6.07) is 0. The molecule has 0 amide bonds. The lowest BCUT2D eigenvalue weighted by atomic mass is 10.1. The summed E-state index contributed by atoms with van der Waals surface area (Å²) in [4.78, 5) is 38.0. The third-order valence-corrected chi connectivity index (χ3v) is 12.3. The highest BCUT2D eigenvalue weighted by Gasteiger charge is 2.19. The van der Waals surface area contributed by atoms with Gasteiger partial charge < -0.3 is 14.2 Å². The predicted octanol–water partition coefficient (Wildman–Crippen LogP) is 21.8. The Morgan fingerprint density at radius 2 is 0.487 bits per heavy atom. The topological polar surface area (TPSA) is 78.9 Å². The molecule has 1 unspecified atom stereocenters. The molecule has 0 aromatic rings. The molecule has 0 spiro atoms. The van der Waals surface area contributed by atoms with Crippen LogP contribution in [-0.4, -0.2) is 37.2 Å². The minimum atomic E-state index is -0.820. The first-order chi connectivity index (χ1) is 39.5. The molecule has 1 atom stereocenters. The number of hydrogen-bond acceptors (Lipinski definition) is 6. The van der Waals surface area contributed by atoms with Gasteiger partial charge in [0.1, 0.15) is 13.2 Å². The second-order valence-electron chi connectivity index (χ2n) is 19.9. The van der Waals surface area contributed by atoms with Crippen molar-refractivity contribution >= 4 is 17.9 Å². The Morgan fingerprint density at radius 3 is 0.787 bits per heavy atom. The number of unbranched alkanes of at least 4 members (excludes halogenated alkanes) is 11. The molecule has 0 rings (SSSR count). The first-order valence-electron chi connectivity index (χ1n) is 31.4. The Balaban J connectivity index is 4.27. The fourth-order valence-corrected chi connectivity index (χ4v) is 7.71. The molecule has 444 valence electrons. The SMILES string of the molecule is CC/C=C\C/C=C\C/C=C\C/C=C\C/C=C\C/C=C\C/C=C\C/C=C\C/C=C\C/C=C\CCCCCCC(=O)OCC(COC(=O)CCCCCCCC)OC(=O)CCCC/C=C\C/C=C\C/C=C\C/C=C\C/C=C\C/C=C\CC. The van der Waals surface area contributed by atoms with Crippen LogP contribution in [0.3, 0.4) is 0 Å². The zero-order chi connectivity index (χ0) is 57.8. The van der Waals surface area contributed by atoms with Gasteiger partial charge in [-0.15, -0.1) is 0 Å². The highest BCUT2D eigenvalue weighted by molar-refractivity contribution is 5.71. The second kappa shape index (κ2) is 65.8. The Labute approximate surface area is 490 Å². The molecule has 0 aliphatic carbocycles. The first-order valence-corrected chi connectivity index (χ1v) is 31.4. The number of hydrogen-bond donors (Lipinski definition) is 0. The Kier molecular flexibility index (Phi) is 61.0. The van der Waals surface area contributed by atoms with Crippen LogP contribution in [0.5, 0.6) is 0 Å². The van der Waals surface area contributed by atoms with E-state index in [4.69, 9.17) is 14.2 Å². The summed E-state index contributed by atoms with van der Waals surface area (Å²) in [7, 11) is 0. The molecule has 0 saturated carbocycles. The van der Waals surface area contributed by atoms with Crippen molar-refractivity contribution in [1.82, 2.24) is 0 Å². The van der Waals surface area contributed by atoms with Crippen LogP contribution in [0.2, 0.25) is 0 Å². The zero-order valence-electron chi connectivity index (χ0n) is 50.8. The largest absolute Gasteiger partial charge is 0.462 e. The van der Waals surface area contributed by atoms with Gasteiger partial charge in [0, 0.05) is 19.3 Å².